The molecule has 2 heteroatoms. The van der Waals surface area contributed by atoms with Gasteiger partial charge in [0, 0.05) is 12.5 Å². The van der Waals surface area contributed by atoms with Gasteiger partial charge in [0.1, 0.15) is 6.61 Å². The Morgan fingerprint density at radius 2 is 2.12 bits per heavy atom. The SMILES string of the molecule is C#CCCC=CC(=O)OCc1ccccc1. The first-order valence-corrected chi connectivity index (χ1v) is 5.13. The van der Waals surface area contributed by atoms with Crippen LogP contribution < -0.4 is 0 Å². The van der Waals surface area contributed by atoms with E-state index in [1.807, 2.05) is 30.3 Å². The molecule has 0 amide bonds. The Hall–Kier alpha value is -2.01. The fraction of sp³-hybridized carbons (Fsp3) is 0.214. The van der Waals surface area contributed by atoms with E-state index in [1.165, 1.54) is 6.08 Å². The Labute approximate surface area is 95.9 Å². The van der Waals surface area contributed by atoms with Crippen LogP contribution in [0.25, 0.3) is 0 Å². The van der Waals surface area contributed by atoms with Gasteiger partial charge in [0.2, 0.25) is 0 Å². The van der Waals surface area contributed by atoms with Gasteiger partial charge in [0.05, 0.1) is 0 Å². The van der Waals surface area contributed by atoms with E-state index < -0.39 is 0 Å². The first kappa shape index (κ1) is 12.1. The Morgan fingerprint density at radius 1 is 1.38 bits per heavy atom. The van der Waals surface area contributed by atoms with Crippen LogP contribution in [-0.4, -0.2) is 5.97 Å². The average molecular weight is 214 g/mol. The van der Waals surface area contributed by atoms with E-state index >= 15 is 0 Å². The van der Waals surface area contributed by atoms with Crippen molar-refractivity contribution in [1.82, 2.24) is 0 Å². The number of allylic oxidation sites excluding steroid dienone is 1. The van der Waals surface area contributed by atoms with E-state index in [9.17, 15) is 4.79 Å². The van der Waals surface area contributed by atoms with Crippen LogP contribution in [0.3, 0.4) is 0 Å². The molecule has 0 aliphatic carbocycles. The molecule has 0 fully saturated rings. The van der Waals surface area contributed by atoms with E-state index in [1.54, 1.807) is 6.08 Å². The van der Waals surface area contributed by atoms with Gasteiger partial charge in [0.15, 0.2) is 0 Å². The minimum atomic E-state index is -0.333. The molecule has 0 aliphatic heterocycles. The van der Waals surface area contributed by atoms with Crippen molar-refractivity contribution in [2.45, 2.75) is 19.4 Å². The van der Waals surface area contributed by atoms with Crippen LogP contribution in [0.2, 0.25) is 0 Å². The molecule has 0 spiro atoms. The second-order valence-electron chi connectivity index (χ2n) is 3.24. The highest BCUT2D eigenvalue weighted by atomic mass is 16.5. The van der Waals surface area contributed by atoms with Gasteiger partial charge in [-0.05, 0) is 12.0 Å². The Kier molecular flexibility index (Phi) is 5.51. The van der Waals surface area contributed by atoms with Crippen LogP contribution in [-0.2, 0) is 16.1 Å². The number of rotatable bonds is 5. The molecule has 1 rings (SSSR count). The van der Waals surface area contributed by atoms with Gasteiger partial charge in [-0.2, -0.15) is 0 Å². The smallest absolute Gasteiger partial charge is 0.330 e. The molecule has 0 saturated heterocycles. The van der Waals surface area contributed by atoms with Crippen LogP contribution in [0, 0.1) is 12.3 Å². The van der Waals surface area contributed by atoms with E-state index in [0.717, 1.165) is 5.56 Å². The molecule has 0 bridgehead atoms. The molecule has 0 aliphatic rings. The monoisotopic (exact) mass is 214 g/mol. The zero-order valence-electron chi connectivity index (χ0n) is 9.06. The summed E-state index contributed by atoms with van der Waals surface area (Å²) in [6.45, 7) is 0.305. The van der Waals surface area contributed by atoms with Gasteiger partial charge in [-0.15, -0.1) is 12.3 Å². The van der Waals surface area contributed by atoms with E-state index in [2.05, 4.69) is 5.92 Å². The summed E-state index contributed by atoms with van der Waals surface area (Å²) >= 11 is 0. The van der Waals surface area contributed by atoms with E-state index in [4.69, 9.17) is 11.2 Å². The predicted octanol–water partition coefficient (Wildman–Crippen LogP) is 2.70. The lowest BCUT2D eigenvalue weighted by molar-refractivity contribution is -0.139. The lowest BCUT2D eigenvalue weighted by Gasteiger charge is -2.01. The molecule has 2 nitrogen and oxygen atoms in total. The van der Waals surface area contributed by atoms with Gasteiger partial charge >= 0.3 is 5.97 Å². The number of carbonyl (C=O) groups excluding carboxylic acids is 1. The lowest BCUT2D eigenvalue weighted by atomic mass is 10.2. The Bertz CT molecular complexity index is 385. The molecule has 0 heterocycles. The highest BCUT2D eigenvalue weighted by Crippen LogP contribution is 2.01. The Morgan fingerprint density at radius 3 is 2.81 bits per heavy atom. The molecule has 0 saturated carbocycles. The molecule has 1 aromatic rings. The quantitative estimate of drug-likeness (QED) is 0.326. The summed E-state index contributed by atoms with van der Waals surface area (Å²) in [6, 6.07) is 9.56. The van der Waals surface area contributed by atoms with Gasteiger partial charge in [-0.1, -0.05) is 36.4 Å². The second-order valence-corrected chi connectivity index (χ2v) is 3.24. The molecule has 0 unspecified atom stereocenters. The van der Waals surface area contributed by atoms with Crippen molar-refractivity contribution in [1.29, 1.82) is 0 Å². The van der Waals surface area contributed by atoms with Crippen LogP contribution >= 0.6 is 0 Å². The topological polar surface area (TPSA) is 26.3 Å². The molecule has 0 N–H and O–H groups in total. The van der Waals surface area contributed by atoms with Crippen LogP contribution in [0.5, 0.6) is 0 Å². The summed E-state index contributed by atoms with van der Waals surface area (Å²) < 4.78 is 5.03. The van der Waals surface area contributed by atoms with Crippen LogP contribution in [0.1, 0.15) is 18.4 Å². The fourth-order valence-electron chi connectivity index (χ4n) is 1.12. The van der Waals surface area contributed by atoms with Crippen LogP contribution in [0.4, 0.5) is 0 Å². The number of esters is 1. The molecule has 82 valence electrons. The largest absolute Gasteiger partial charge is 0.458 e. The van der Waals surface area contributed by atoms with Crippen molar-refractivity contribution in [2.75, 3.05) is 0 Å². The predicted molar refractivity (Wildman–Crippen MR) is 63.4 cm³/mol. The molecule has 1 aromatic carbocycles. The highest BCUT2D eigenvalue weighted by molar-refractivity contribution is 5.81. The number of carbonyl (C=O) groups is 1. The summed E-state index contributed by atoms with van der Waals surface area (Å²) in [7, 11) is 0. The Balaban J connectivity index is 2.26. The van der Waals surface area contributed by atoms with Gasteiger partial charge in [0.25, 0.3) is 0 Å². The minimum Gasteiger partial charge on any atom is -0.458 e. The number of hydrogen-bond donors (Lipinski definition) is 0. The van der Waals surface area contributed by atoms with Crippen molar-refractivity contribution < 1.29 is 9.53 Å². The lowest BCUT2D eigenvalue weighted by Crippen LogP contribution is -2.00. The van der Waals surface area contributed by atoms with Crippen molar-refractivity contribution >= 4 is 5.97 Å². The zero-order valence-corrected chi connectivity index (χ0v) is 9.06. The first-order valence-electron chi connectivity index (χ1n) is 5.13. The number of terminal acetylenes is 1. The molecule has 0 atom stereocenters. The maximum atomic E-state index is 11.2. The molecular weight excluding hydrogens is 200 g/mol. The van der Waals surface area contributed by atoms with Gasteiger partial charge in [-0.3, -0.25) is 0 Å². The molecule has 16 heavy (non-hydrogen) atoms. The summed E-state index contributed by atoms with van der Waals surface area (Å²) in [6.07, 6.45) is 9.57. The van der Waals surface area contributed by atoms with E-state index in [-0.39, 0.29) is 5.97 Å². The van der Waals surface area contributed by atoms with Crippen molar-refractivity contribution in [3.63, 3.8) is 0 Å². The standard InChI is InChI=1S/C14H14O2/c1-2-3-4-8-11-14(15)16-12-13-9-6-5-7-10-13/h1,5-11H,3-4,12H2. The molecular formula is C14H14O2. The van der Waals surface area contributed by atoms with Gasteiger partial charge < -0.3 is 4.74 Å². The maximum Gasteiger partial charge on any atom is 0.330 e. The number of hydrogen-bond acceptors (Lipinski definition) is 2. The average Bonchev–Trinajstić information content (AvgIpc) is 2.33. The normalized spacial score (nSPS) is 9.94. The summed E-state index contributed by atoms with van der Waals surface area (Å²) in [5.74, 6) is 2.16. The molecule has 0 radical (unpaired) electrons. The third kappa shape index (κ3) is 5.02. The van der Waals surface area contributed by atoms with Crippen molar-refractivity contribution in [3.05, 3.63) is 48.0 Å². The fourth-order valence-corrected chi connectivity index (χ4v) is 1.12. The third-order valence-electron chi connectivity index (χ3n) is 1.93. The maximum absolute atomic E-state index is 11.2. The van der Waals surface area contributed by atoms with Crippen LogP contribution in [0.15, 0.2) is 42.5 Å². The van der Waals surface area contributed by atoms with Gasteiger partial charge in [-0.25, -0.2) is 4.79 Å². The second kappa shape index (κ2) is 7.30. The van der Waals surface area contributed by atoms with Crippen molar-refractivity contribution in [3.8, 4) is 12.3 Å². The zero-order chi connectivity index (χ0) is 11.6. The minimum absolute atomic E-state index is 0.305. The first-order chi connectivity index (χ1) is 7.83. The highest BCUT2D eigenvalue weighted by Gasteiger charge is 1.97. The summed E-state index contributed by atoms with van der Waals surface area (Å²) in [4.78, 5) is 11.2. The van der Waals surface area contributed by atoms with Crippen molar-refractivity contribution in [2.24, 2.45) is 0 Å². The molecule has 0 aromatic heterocycles. The van der Waals surface area contributed by atoms with E-state index in [0.29, 0.717) is 19.4 Å². The summed E-state index contributed by atoms with van der Waals surface area (Å²) in [5.41, 5.74) is 0.980. The number of ether oxygens (including phenoxy) is 1. The number of benzene rings is 1. The third-order valence-corrected chi connectivity index (χ3v) is 1.93. The number of unbranched alkanes of at least 4 members (excludes halogenated alkanes) is 1. The summed E-state index contributed by atoms with van der Waals surface area (Å²) in [5, 5.41) is 0.